The van der Waals surface area contributed by atoms with Gasteiger partial charge in [0.05, 0.1) is 55.3 Å². The number of aliphatic carboxylic acids is 1. The Labute approximate surface area is 354 Å². The van der Waals surface area contributed by atoms with Gasteiger partial charge in [0.2, 0.25) is 0 Å². The van der Waals surface area contributed by atoms with E-state index in [1.165, 1.54) is 6.08 Å². The molecule has 3 spiro atoms. The number of hydrogen-bond donors (Lipinski definition) is 5. The fourth-order valence-corrected chi connectivity index (χ4v) is 12.4. The van der Waals surface area contributed by atoms with Gasteiger partial charge in [-0.05, 0) is 67.4 Å². The number of piperidine rings is 1. The summed E-state index contributed by atoms with van der Waals surface area (Å²) in [5.41, 5.74) is 0.375. The van der Waals surface area contributed by atoms with Crippen molar-refractivity contribution >= 4 is 5.97 Å². The molecule has 0 aromatic heterocycles. The maximum atomic E-state index is 12.2. The third-order valence-corrected chi connectivity index (χ3v) is 15.5. The normalized spacial score (nSPS) is 52.2. The Hall–Kier alpha value is -1.79. The van der Waals surface area contributed by atoms with Crippen molar-refractivity contribution in [2.75, 3.05) is 6.54 Å². The standard InChI is InChI=1S/C46H69NO13/c1-25-17-35-40-37(23-44(58-40)29(5)16-26(2)24-47-44)56-43(21-25,55-35)22-28(4)39-27(3)11-13-45(52,59-39)41(51)36-20-34-33(53-36)18-30(6)46(57-34)15-14-42(60-46)12-7-8-32(54-42)10-9-31(48)19-38(49)50/h7,9-10,12,25-27,29-37,39-41,47-48,51-52H,4,8,11,13-24H2,1-3,5-6H3,(H,49,50)/b10-9+/t25-,26+,27+,29-,30+,31+,32+,33+,34+,35-,36-,37+,39+,40+,41+,42+,43+,44-,45-,46-/m1/s1. The molecular weight excluding hydrogens is 775 g/mol. The van der Waals surface area contributed by atoms with Crippen LogP contribution < -0.4 is 5.32 Å². The van der Waals surface area contributed by atoms with Crippen LogP contribution in [0.1, 0.15) is 118 Å². The lowest BCUT2D eigenvalue weighted by atomic mass is 9.79. The van der Waals surface area contributed by atoms with Crippen LogP contribution in [0.15, 0.2) is 36.5 Å². The van der Waals surface area contributed by atoms with E-state index in [-0.39, 0.29) is 55.2 Å². The van der Waals surface area contributed by atoms with Gasteiger partial charge in [-0.2, -0.15) is 0 Å². The molecule has 14 heteroatoms. The minimum atomic E-state index is -1.86. The minimum Gasteiger partial charge on any atom is -0.481 e. The molecule has 8 fully saturated rings. The summed E-state index contributed by atoms with van der Waals surface area (Å²) in [6.45, 7) is 16.5. The second kappa shape index (κ2) is 16.0. The van der Waals surface area contributed by atoms with E-state index in [4.69, 9.17) is 43.0 Å². The van der Waals surface area contributed by atoms with Crippen molar-refractivity contribution < 1.29 is 63.1 Å². The van der Waals surface area contributed by atoms with E-state index in [1.807, 2.05) is 12.2 Å². The SMILES string of the molecule is C=C(C[C@@]12C[C@H](C)C[C@@H](O1)[C@@H]1O[C@@]3(C[C@@H]1O2)NC[C@@H](C)C[C@H]3C)[C@H]1O[C@@](O)([C@@H](O)[C@H]2C[C@@H]3O[C@@]4(CC[C@]5(C=CC[C@@H](/C=C/[C@H](O)CC(=O)O)O5)O4)[C@@H](C)C[C@@H]3O2)CC[C@@H]1C. The van der Waals surface area contributed by atoms with Crippen molar-refractivity contribution in [3.05, 3.63) is 36.5 Å². The van der Waals surface area contributed by atoms with Crippen LogP contribution in [0.5, 0.6) is 0 Å². The number of hydrogen-bond acceptors (Lipinski definition) is 13. The van der Waals surface area contributed by atoms with Gasteiger partial charge in [0.15, 0.2) is 23.1 Å². The van der Waals surface area contributed by atoms with E-state index in [9.17, 15) is 20.1 Å². The second-order valence-electron chi connectivity index (χ2n) is 20.6. The lowest BCUT2D eigenvalue weighted by Gasteiger charge is -2.52. The first-order chi connectivity index (χ1) is 28.4. The van der Waals surface area contributed by atoms with Crippen molar-refractivity contribution in [3.63, 3.8) is 0 Å². The molecule has 9 rings (SSSR count). The molecule has 8 saturated heterocycles. The first kappa shape index (κ1) is 43.5. The zero-order valence-electron chi connectivity index (χ0n) is 36.0. The Morgan fingerprint density at radius 1 is 0.883 bits per heavy atom. The number of rotatable bonds is 9. The van der Waals surface area contributed by atoms with Crippen molar-refractivity contribution in [2.45, 2.75) is 208 Å². The summed E-state index contributed by atoms with van der Waals surface area (Å²) < 4.78 is 53.7. The fraction of sp³-hybridized carbons (Fsp3) is 0.848. The lowest BCUT2D eigenvalue weighted by molar-refractivity contribution is -0.366. The third kappa shape index (κ3) is 8.01. The Morgan fingerprint density at radius 2 is 1.68 bits per heavy atom. The van der Waals surface area contributed by atoms with Gasteiger partial charge in [0, 0.05) is 57.4 Å². The Kier molecular flexibility index (Phi) is 11.6. The zero-order valence-corrected chi connectivity index (χ0v) is 36.0. The van der Waals surface area contributed by atoms with Crippen molar-refractivity contribution in [1.29, 1.82) is 0 Å². The smallest absolute Gasteiger partial charge is 0.306 e. The van der Waals surface area contributed by atoms with Gasteiger partial charge in [-0.15, -0.1) is 0 Å². The molecule has 60 heavy (non-hydrogen) atoms. The highest BCUT2D eigenvalue weighted by atomic mass is 16.8. The summed E-state index contributed by atoms with van der Waals surface area (Å²) in [5, 5.41) is 46.9. The van der Waals surface area contributed by atoms with Gasteiger partial charge in [-0.1, -0.05) is 59.4 Å². The maximum Gasteiger partial charge on any atom is 0.306 e. The predicted molar refractivity (Wildman–Crippen MR) is 216 cm³/mol. The van der Waals surface area contributed by atoms with Crippen LogP contribution in [0.3, 0.4) is 0 Å². The summed E-state index contributed by atoms with van der Waals surface area (Å²) in [4.78, 5) is 11.0. The molecule has 14 nitrogen and oxygen atoms in total. The molecular formula is C46H69NO13. The Balaban J connectivity index is 0.831. The second-order valence-corrected chi connectivity index (χ2v) is 20.6. The molecule has 5 N–H and O–H groups in total. The molecule has 20 atom stereocenters. The maximum absolute atomic E-state index is 12.2. The van der Waals surface area contributed by atoms with Gasteiger partial charge in [0.1, 0.15) is 17.9 Å². The highest BCUT2D eigenvalue weighted by Gasteiger charge is 2.63. The average molecular weight is 844 g/mol. The summed E-state index contributed by atoms with van der Waals surface area (Å²) in [5.74, 6) is -4.45. The monoisotopic (exact) mass is 843 g/mol. The lowest BCUT2D eigenvalue weighted by Crippen LogP contribution is -2.60. The molecule has 2 bridgehead atoms. The predicted octanol–water partition coefficient (Wildman–Crippen LogP) is 4.98. The molecule has 0 saturated carbocycles. The molecule has 0 radical (unpaired) electrons. The topological polar surface area (TPSA) is 184 Å². The van der Waals surface area contributed by atoms with Gasteiger partial charge in [-0.3, -0.25) is 10.1 Å². The van der Waals surface area contributed by atoms with Crippen LogP contribution in [0, 0.1) is 29.6 Å². The van der Waals surface area contributed by atoms with E-state index in [0.29, 0.717) is 62.7 Å². The van der Waals surface area contributed by atoms with E-state index in [0.717, 1.165) is 37.8 Å². The van der Waals surface area contributed by atoms with E-state index in [1.54, 1.807) is 6.08 Å². The molecule has 0 aliphatic carbocycles. The number of aliphatic hydroxyl groups is 3. The van der Waals surface area contributed by atoms with Crippen LogP contribution in [0.4, 0.5) is 0 Å². The number of carboxylic acid groups (broad SMARTS) is 1. The quantitative estimate of drug-likeness (QED) is 0.196. The average Bonchev–Trinajstić information content (AvgIpc) is 3.87. The first-order valence-electron chi connectivity index (χ1n) is 22.9. The van der Waals surface area contributed by atoms with Crippen molar-refractivity contribution in [3.8, 4) is 0 Å². The molecule has 9 aliphatic rings. The number of fused-ring (bicyclic) bond motifs is 5. The van der Waals surface area contributed by atoms with E-state index in [2.05, 4.69) is 46.5 Å². The van der Waals surface area contributed by atoms with Crippen LogP contribution in [-0.4, -0.2) is 123 Å². The highest BCUT2D eigenvalue weighted by Crippen LogP contribution is 2.55. The fourth-order valence-electron chi connectivity index (χ4n) is 12.4. The Bertz CT molecular complexity index is 1690. The summed E-state index contributed by atoms with van der Waals surface area (Å²) in [6, 6.07) is 0. The third-order valence-electron chi connectivity index (χ3n) is 15.5. The van der Waals surface area contributed by atoms with Crippen LogP contribution in [0.25, 0.3) is 0 Å². The van der Waals surface area contributed by atoms with Crippen molar-refractivity contribution in [1.82, 2.24) is 5.32 Å². The van der Waals surface area contributed by atoms with Gasteiger partial charge in [-0.25, -0.2) is 0 Å². The van der Waals surface area contributed by atoms with Gasteiger partial charge >= 0.3 is 5.97 Å². The summed E-state index contributed by atoms with van der Waals surface area (Å²) in [6.07, 6.45) is 9.13. The highest BCUT2D eigenvalue weighted by molar-refractivity contribution is 5.67. The zero-order chi connectivity index (χ0) is 42.4. The van der Waals surface area contributed by atoms with E-state index < -0.39 is 65.4 Å². The molecule has 336 valence electrons. The van der Waals surface area contributed by atoms with Crippen LogP contribution >= 0.6 is 0 Å². The number of aliphatic hydroxyl groups excluding tert-OH is 2. The molecule has 0 aromatic rings. The summed E-state index contributed by atoms with van der Waals surface area (Å²) >= 11 is 0. The largest absolute Gasteiger partial charge is 0.481 e. The summed E-state index contributed by atoms with van der Waals surface area (Å²) in [7, 11) is 0. The van der Waals surface area contributed by atoms with Crippen LogP contribution in [0.2, 0.25) is 0 Å². The first-order valence-corrected chi connectivity index (χ1v) is 22.9. The minimum absolute atomic E-state index is 0.0470. The molecule has 9 aliphatic heterocycles. The van der Waals surface area contributed by atoms with Gasteiger partial charge < -0.3 is 58.3 Å². The number of nitrogens with one attached hydrogen (secondary N) is 1. The number of carbonyl (C=O) groups is 1. The van der Waals surface area contributed by atoms with Crippen molar-refractivity contribution in [2.24, 2.45) is 29.6 Å². The van der Waals surface area contributed by atoms with E-state index >= 15 is 0 Å². The Morgan fingerprint density at radius 3 is 2.47 bits per heavy atom. The molecule has 9 heterocycles. The van der Waals surface area contributed by atoms with Gasteiger partial charge in [0.25, 0.3) is 0 Å². The molecule has 0 aromatic carbocycles. The molecule has 0 unspecified atom stereocenters. The molecule has 0 amide bonds. The van der Waals surface area contributed by atoms with Crippen LogP contribution in [-0.2, 0) is 42.7 Å². The number of carboxylic acids is 1. The number of ether oxygens (including phenoxy) is 8.